The summed E-state index contributed by atoms with van der Waals surface area (Å²) < 4.78 is 5.22. The molecule has 0 aromatic rings. The molecule has 0 atom stereocenters. The van der Waals surface area contributed by atoms with Crippen LogP contribution in [0.5, 0.6) is 0 Å². The summed E-state index contributed by atoms with van der Waals surface area (Å²) in [6.45, 7) is 6.01. The minimum atomic E-state index is 0.298. The fourth-order valence-corrected chi connectivity index (χ4v) is 1.38. The van der Waals surface area contributed by atoms with Crippen LogP contribution >= 0.6 is 0 Å². The fourth-order valence-electron chi connectivity index (χ4n) is 1.38. The Bertz CT molecular complexity index is 144. The summed E-state index contributed by atoms with van der Waals surface area (Å²) in [5.74, 6) is 0. The first-order valence-corrected chi connectivity index (χ1v) is 4.18. The molecule has 1 aliphatic rings. The van der Waals surface area contributed by atoms with Gasteiger partial charge >= 0.3 is 0 Å². The zero-order valence-electron chi connectivity index (χ0n) is 7.63. The first-order valence-electron chi connectivity index (χ1n) is 4.18. The maximum atomic E-state index is 5.22. The minimum Gasteiger partial charge on any atom is -0.376 e. The fraction of sp³-hybridized carbons (Fsp3) is 0.778. The molecule has 0 amide bonds. The molecule has 1 saturated heterocycles. The van der Waals surface area contributed by atoms with E-state index < -0.39 is 0 Å². The Morgan fingerprint density at radius 1 is 1.55 bits per heavy atom. The van der Waals surface area contributed by atoms with E-state index in [1.165, 1.54) is 0 Å². The van der Waals surface area contributed by atoms with Gasteiger partial charge in [0.1, 0.15) is 0 Å². The second-order valence-corrected chi connectivity index (χ2v) is 3.16. The number of allylic oxidation sites excluding steroid dienone is 1. The van der Waals surface area contributed by atoms with Crippen LogP contribution in [0.1, 0.15) is 20.3 Å². The molecule has 0 N–H and O–H groups in total. The molecule has 0 spiro atoms. The van der Waals surface area contributed by atoms with Gasteiger partial charge in [-0.3, -0.25) is 0 Å². The summed E-state index contributed by atoms with van der Waals surface area (Å²) in [4.78, 5) is 2.26. The highest BCUT2D eigenvalue weighted by atomic mass is 16.5. The molecule has 2 nitrogen and oxygen atoms in total. The molecule has 2 heteroatoms. The van der Waals surface area contributed by atoms with Gasteiger partial charge in [-0.1, -0.05) is 13.0 Å². The van der Waals surface area contributed by atoms with E-state index in [4.69, 9.17) is 4.74 Å². The van der Waals surface area contributed by atoms with Gasteiger partial charge in [0.2, 0.25) is 0 Å². The highest BCUT2D eigenvalue weighted by Crippen LogP contribution is 2.27. The van der Waals surface area contributed by atoms with Crippen molar-refractivity contribution in [2.24, 2.45) is 0 Å². The molecule has 64 valence electrons. The van der Waals surface area contributed by atoms with Gasteiger partial charge in [-0.15, -0.1) is 0 Å². The molecule has 11 heavy (non-hydrogen) atoms. The van der Waals surface area contributed by atoms with E-state index in [1.54, 1.807) is 0 Å². The van der Waals surface area contributed by atoms with Crippen molar-refractivity contribution in [2.45, 2.75) is 25.8 Å². The quantitative estimate of drug-likeness (QED) is 0.614. The average Bonchev–Trinajstić information content (AvgIpc) is 1.87. The summed E-state index contributed by atoms with van der Waals surface area (Å²) >= 11 is 0. The van der Waals surface area contributed by atoms with Crippen LogP contribution in [0.2, 0.25) is 0 Å². The molecule has 1 heterocycles. The van der Waals surface area contributed by atoms with Crippen LogP contribution in [0.25, 0.3) is 0 Å². The number of likely N-dealkylation sites (N-methyl/N-ethyl adjacent to an activating group) is 1. The third-order valence-corrected chi connectivity index (χ3v) is 2.52. The molecule has 0 saturated carbocycles. The van der Waals surface area contributed by atoms with Gasteiger partial charge in [0.25, 0.3) is 0 Å². The lowest BCUT2D eigenvalue weighted by molar-refractivity contribution is -0.119. The first-order chi connectivity index (χ1) is 5.25. The van der Waals surface area contributed by atoms with E-state index in [0.29, 0.717) is 5.54 Å². The first kappa shape index (κ1) is 8.60. The van der Waals surface area contributed by atoms with Gasteiger partial charge in [0, 0.05) is 7.05 Å². The molecular weight excluding hydrogens is 138 g/mol. The predicted octanol–water partition coefficient (Wildman–Crippen LogP) is 1.63. The topological polar surface area (TPSA) is 12.5 Å². The Labute approximate surface area is 68.8 Å². The van der Waals surface area contributed by atoms with Gasteiger partial charge in [-0.2, -0.15) is 0 Å². The zero-order chi connectivity index (χ0) is 8.32. The number of nitrogens with zero attached hydrogens (tertiary/aromatic N) is 1. The Hall–Kier alpha value is -0.500. The van der Waals surface area contributed by atoms with Crippen molar-refractivity contribution in [3.05, 3.63) is 12.3 Å². The number of hydrogen-bond acceptors (Lipinski definition) is 2. The second-order valence-electron chi connectivity index (χ2n) is 3.16. The molecule has 1 aliphatic heterocycles. The molecule has 1 rings (SSSR count). The van der Waals surface area contributed by atoms with Crippen molar-refractivity contribution in [3.8, 4) is 0 Å². The molecule has 1 fully saturated rings. The largest absolute Gasteiger partial charge is 0.376 e. The molecule has 0 radical (unpaired) electrons. The monoisotopic (exact) mass is 155 g/mol. The van der Waals surface area contributed by atoms with Crippen molar-refractivity contribution in [1.82, 2.24) is 4.90 Å². The third-order valence-electron chi connectivity index (χ3n) is 2.52. The van der Waals surface area contributed by atoms with Gasteiger partial charge in [-0.05, 0) is 19.5 Å². The minimum absolute atomic E-state index is 0.298. The van der Waals surface area contributed by atoms with Crippen LogP contribution in [-0.4, -0.2) is 30.7 Å². The van der Waals surface area contributed by atoms with Crippen molar-refractivity contribution >= 4 is 0 Å². The van der Waals surface area contributed by atoms with E-state index in [1.807, 2.05) is 6.92 Å². The van der Waals surface area contributed by atoms with Crippen LogP contribution in [0.3, 0.4) is 0 Å². The van der Waals surface area contributed by atoms with Crippen LogP contribution in [0.15, 0.2) is 12.3 Å². The Kier molecular flexibility index (Phi) is 2.55. The van der Waals surface area contributed by atoms with Crippen LogP contribution < -0.4 is 0 Å². The number of rotatable bonds is 3. The van der Waals surface area contributed by atoms with Crippen molar-refractivity contribution < 1.29 is 4.74 Å². The smallest absolute Gasteiger partial charge is 0.0856 e. The van der Waals surface area contributed by atoms with E-state index in [0.717, 1.165) is 19.6 Å². The summed E-state index contributed by atoms with van der Waals surface area (Å²) in [7, 11) is 2.12. The predicted molar refractivity (Wildman–Crippen MR) is 46.4 cm³/mol. The van der Waals surface area contributed by atoms with Crippen molar-refractivity contribution in [3.63, 3.8) is 0 Å². The maximum absolute atomic E-state index is 5.22. The zero-order valence-corrected chi connectivity index (χ0v) is 7.63. The maximum Gasteiger partial charge on any atom is 0.0856 e. The molecule has 0 aromatic carbocycles. The van der Waals surface area contributed by atoms with Crippen molar-refractivity contribution in [1.29, 1.82) is 0 Å². The highest BCUT2D eigenvalue weighted by molar-refractivity contribution is 4.98. The van der Waals surface area contributed by atoms with Gasteiger partial charge in [0.05, 0.1) is 18.8 Å². The highest BCUT2D eigenvalue weighted by Gasteiger charge is 2.39. The van der Waals surface area contributed by atoms with Gasteiger partial charge in [0.15, 0.2) is 0 Å². The summed E-state index contributed by atoms with van der Waals surface area (Å²) in [6.07, 6.45) is 5.34. The van der Waals surface area contributed by atoms with E-state index in [-0.39, 0.29) is 0 Å². The molecule has 0 unspecified atom stereocenters. The molecule has 0 aliphatic carbocycles. The number of ether oxygens (including phenoxy) is 1. The Balaban J connectivity index is 2.54. The number of hydrogen-bond donors (Lipinski definition) is 0. The van der Waals surface area contributed by atoms with Crippen LogP contribution in [0, 0.1) is 0 Å². The van der Waals surface area contributed by atoms with Gasteiger partial charge in [-0.25, -0.2) is 0 Å². The lowest BCUT2D eigenvalue weighted by atomic mass is 9.92. The second kappa shape index (κ2) is 3.26. The van der Waals surface area contributed by atoms with Crippen molar-refractivity contribution in [2.75, 3.05) is 20.3 Å². The van der Waals surface area contributed by atoms with Crippen LogP contribution in [-0.2, 0) is 4.74 Å². The van der Waals surface area contributed by atoms with E-state index >= 15 is 0 Å². The lowest BCUT2D eigenvalue weighted by Crippen LogP contribution is -2.58. The molecule has 0 aromatic heterocycles. The summed E-state index contributed by atoms with van der Waals surface area (Å²) in [5, 5.41) is 0. The molecular formula is C9H17NO. The van der Waals surface area contributed by atoms with E-state index in [2.05, 4.69) is 31.1 Å². The van der Waals surface area contributed by atoms with Crippen LogP contribution in [0.4, 0.5) is 0 Å². The Morgan fingerprint density at radius 3 is 2.45 bits per heavy atom. The van der Waals surface area contributed by atoms with Gasteiger partial charge < -0.3 is 9.64 Å². The molecule has 0 bridgehead atoms. The standard InChI is InChI=1S/C9H17NO/c1-4-6-10(3)9(5-2)7-11-8-9/h4,6H,5,7-8H2,1-3H3/b6-4-. The van der Waals surface area contributed by atoms with E-state index in [9.17, 15) is 0 Å². The Morgan fingerprint density at radius 2 is 2.18 bits per heavy atom. The third kappa shape index (κ3) is 1.41. The summed E-state index contributed by atoms with van der Waals surface area (Å²) in [6, 6.07) is 0. The normalized spacial score (nSPS) is 21.7. The average molecular weight is 155 g/mol. The lowest BCUT2D eigenvalue weighted by Gasteiger charge is -2.47. The summed E-state index contributed by atoms with van der Waals surface area (Å²) in [5.41, 5.74) is 0.298. The SMILES string of the molecule is C/C=C\N(C)C1(CC)COC1.